The van der Waals surface area contributed by atoms with E-state index in [1.54, 1.807) is 6.92 Å². The van der Waals surface area contributed by atoms with Gasteiger partial charge >= 0.3 is 12.2 Å². The highest BCUT2D eigenvalue weighted by atomic mass is 27.2. The molecule has 0 aromatic heterocycles. The van der Waals surface area contributed by atoms with Crippen molar-refractivity contribution in [2.24, 2.45) is 5.92 Å². The predicted octanol–water partition coefficient (Wildman–Crippen LogP) is 19.5. The summed E-state index contributed by atoms with van der Waals surface area (Å²) in [5.41, 5.74) is -18.2. The van der Waals surface area contributed by atoms with Crippen LogP contribution in [0.2, 0.25) is 0 Å². The van der Waals surface area contributed by atoms with E-state index in [1.165, 1.54) is 0 Å². The first-order valence-electron chi connectivity index (χ1n) is 25.1. The highest BCUT2D eigenvalue weighted by Gasteiger charge is 2.68. The molecule has 6 aromatic carbocycles. The third-order valence-corrected chi connectivity index (χ3v) is 22.9. The van der Waals surface area contributed by atoms with Crippen LogP contribution in [-0.2, 0) is 0 Å². The Kier molecular flexibility index (Phi) is 18.7. The quantitative estimate of drug-likeness (QED) is 0.0463. The lowest BCUT2D eigenvalue weighted by atomic mass is 10.0. The maximum Gasteiger partial charge on any atom is 0.514 e. The summed E-state index contributed by atoms with van der Waals surface area (Å²) in [6.45, 7) is 3.31. The number of rotatable bonds is 10. The molecule has 1 nitrogen and oxygen atoms in total. The number of nitrogens with two attached hydrogens (primary N) is 1. The zero-order valence-corrected chi connectivity index (χ0v) is 45.3. The lowest BCUT2D eigenvalue weighted by molar-refractivity contribution is -0.813. The van der Waals surface area contributed by atoms with Gasteiger partial charge in [0.15, 0.2) is 134 Å². The molecule has 0 fully saturated rings. The summed E-state index contributed by atoms with van der Waals surface area (Å²) in [4.78, 5) is 0. The van der Waals surface area contributed by atoms with E-state index in [2.05, 4.69) is 0 Å². The largest absolute Gasteiger partial charge is 0.514 e. The van der Waals surface area contributed by atoms with Crippen LogP contribution in [0.25, 0.3) is 34.4 Å². The van der Waals surface area contributed by atoms with Crippen molar-refractivity contribution in [3.8, 4) is 11.1 Å². The molecule has 4 aliphatic carbocycles. The monoisotopic (exact) mass is 1370 g/mol. The fourth-order valence-electron chi connectivity index (χ4n) is 11.9. The molecule has 0 saturated heterocycles. The summed E-state index contributed by atoms with van der Waals surface area (Å²) >= 11 is -7.79. The maximum atomic E-state index is 17.0. The van der Waals surface area contributed by atoms with E-state index in [0.717, 1.165) is 6.42 Å². The van der Waals surface area contributed by atoms with Crippen molar-refractivity contribution in [2.45, 2.75) is 58.0 Å². The molecule has 6 aromatic rings. The minimum absolute atomic E-state index is 0.0628. The van der Waals surface area contributed by atoms with E-state index in [4.69, 9.17) is 0 Å². The standard InChI is InChI=1S/C12H2F8.4C9H2F5.C8H14F5N.Al/c13-4-2-1-3(6(14)7(4)15)5-8(16)10(18)12(20)11(19)9(5)17;4*10-4-1-3-2-5(11)8(13)9(14)6(3)7(4)12;1-3-4-6(2)5-14-8(12,13)7(9,10)11;/h1-2H;4*1-2H;6,14H,3-5H2,1-2H3;/q;;;;;;-1/p+1. The van der Waals surface area contributed by atoms with Gasteiger partial charge in [-0.3, -0.25) is 5.32 Å². The van der Waals surface area contributed by atoms with Crippen LogP contribution in [0.5, 0.6) is 0 Å². The Balaban J connectivity index is 0.000000256. The Labute approximate surface area is 487 Å². The number of fused-ring (bicyclic) bond motifs is 4. The van der Waals surface area contributed by atoms with Gasteiger partial charge in [-0.25, -0.2) is 123 Å². The van der Waals surface area contributed by atoms with Gasteiger partial charge in [0.05, 0.1) is 34.4 Å². The van der Waals surface area contributed by atoms with Crippen molar-refractivity contribution < 1.29 is 150 Å². The van der Waals surface area contributed by atoms with Gasteiger partial charge in [0, 0.05) is 11.5 Å². The van der Waals surface area contributed by atoms with Crippen LogP contribution in [0.1, 0.15) is 90.3 Å². The molecule has 488 valence electrons. The molecular weight excluding hydrogens is 1340 g/mol. The number of quaternary nitrogens is 1. The first-order chi connectivity index (χ1) is 42.1. The molecule has 5 atom stereocenters. The van der Waals surface area contributed by atoms with Crippen LogP contribution in [0, 0.1) is 122 Å². The van der Waals surface area contributed by atoms with Gasteiger partial charge < -0.3 is 0 Å². The summed E-state index contributed by atoms with van der Waals surface area (Å²) in [5, 5.41) is 0.0628. The predicted molar refractivity (Wildman–Crippen MR) is 252 cm³/mol. The summed E-state index contributed by atoms with van der Waals surface area (Å²) in [7, 11) is 0. The Bertz CT molecular complexity index is 3800. The Hall–Kier alpha value is -7.54. The zero-order chi connectivity index (χ0) is 68.4. The van der Waals surface area contributed by atoms with Gasteiger partial charge in [0.2, 0.25) is 18.9 Å². The normalized spacial score (nSPS) is 18.8. The molecular formula is C56H25AlF33N. The maximum absolute atomic E-state index is 17.0. The van der Waals surface area contributed by atoms with E-state index in [9.17, 15) is 74.6 Å². The Morgan fingerprint density at radius 2 is 0.615 bits per heavy atom. The molecule has 10 rings (SSSR count). The molecule has 0 spiro atoms. The third-order valence-electron chi connectivity index (χ3n) is 15.7. The summed E-state index contributed by atoms with van der Waals surface area (Å²) in [5.74, 6) is -70.4. The van der Waals surface area contributed by atoms with Gasteiger partial charge in [-0.15, -0.1) is 8.78 Å². The van der Waals surface area contributed by atoms with Crippen LogP contribution in [0.15, 0.2) is 59.7 Å². The molecule has 91 heavy (non-hydrogen) atoms. The first kappa shape index (κ1) is 69.4. The van der Waals surface area contributed by atoms with Crippen molar-refractivity contribution in [3.05, 3.63) is 221 Å². The van der Waals surface area contributed by atoms with Crippen LogP contribution in [0.3, 0.4) is 0 Å². The number of hydrogen-bond acceptors (Lipinski definition) is 0. The number of alkyl halides is 5. The van der Waals surface area contributed by atoms with Crippen molar-refractivity contribution in [1.82, 2.24) is 0 Å². The van der Waals surface area contributed by atoms with Crippen molar-refractivity contribution in [1.29, 1.82) is 0 Å². The lowest BCUT2D eigenvalue weighted by Gasteiger charge is -2.54. The van der Waals surface area contributed by atoms with Crippen LogP contribution >= 0.6 is 0 Å². The highest BCUT2D eigenvalue weighted by molar-refractivity contribution is 6.88. The average molecular weight is 1370 g/mol. The lowest BCUT2D eigenvalue weighted by Crippen LogP contribution is -2.98. The van der Waals surface area contributed by atoms with E-state index < -0.39 is 263 Å². The number of halogens is 33. The molecule has 0 heterocycles. The van der Waals surface area contributed by atoms with Gasteiger partial charge in [-0.05, 0) is 42.8 Å². The molecule has 0 saturated carbocycles. The summed E-state index contributed by atoms with van der Waals surface area (Å²) in [6, 6.07) is -5.39. The van der Waals surface area contributed by atoms with Crippen LogP contribution in [0.4, 0.5) is 145 Å². The van der Waals surface area contributed by atoms with E-state index in [0.29, 0.717) is 18.6 Å². The number of hydrogen-bond donors (Lipinski definition) is 1. The van der Waals surface area contributed by atoms with Gasteiger partial charge in [0.25, 0.3) is 0 Å². The highest BCUT2D eigenvalue weighted by Crippen LogP contribution is 2.71. The van der Waals surface area contributed by atoms with E-state index in [1.807, 2.05) is 6.92 Å². The average Bonchev–Trinajstić information content (AvgIpc) is 1.52. The molecule has 0 bridgehead atoms. The SMILES string of the molecule is CCCC(C)C[NH2+]C(F)(F)C(F)(F)F.FC1=C(F)[CH]([Al-]([CH]2C(F)=C(F)c3c2cc(F)c(F)c3F)([CH]2C(F)=C(F)c3c2cc(F)c(F)c3F)[CH]2C(F)=C(F)c3c2cc(F)c(F)c3F)c2cc(F)c(F)c(F)c21.Fc1ccc(-c2c(F)c(F)c(F)c(F)c2F)c(F)c1F. The number of allylic oxidation sites excluding steroid dienone is 4. The molecule has 0 radical (unpaired) electrons. The smallest absolute Gasteiger partial charge is 0.277 e. The summed E-state index contributed by atoms with van der Waals surface area (Å²) < 4.78 is 462. The molecule has 0 aliphatic heterocycles. The van der Waals surface area contributed by atoms with Crippen LogP contribution < -0.4 is 5.32 Å². The van der Waals surface area contributed by atoms with E-state index >= 15 is 70.2 Å². The zero-order valence-electron chi connectivity index (χ0n) is 44.1. The second-order valence-electron chi connectivity index (χ2n) is 20.6. The minimum atomic E-state index is -7.79. The number of benzene rings is 6. The van der Waals surface area contributed by atoms with Crippen LogP contribution in [-0.4, -0.2) is 31.8 Å². The molecule has 5 unspecified atom stereocenters. The fourth-order valence-corrected chi connectivity index (χ4v) is 20.4. The van der Waals surface area contributed by atoms with Crippen molar-refractivity contribution in [2.75, 3.05) is 6.54 Å². The Morgan fingerprint density at radius 1 is 0.352 bits per heavy atom. The third kappa shape index (κ3) is 10.7. The van der Waals surface area contributed by atoms with Crippen molar-refractivity contribution >= 4 is 36.4 Å². The molecule has 4 aliphatic rings. The second-order valence-corrected chi connectivity index (χ2v) is 25.6. The topological polar surface area (TPSA) is 16.6 Å². The molecule has 35 heteroatoms. The first-order valence-corrected chi connectivity index (χ1v) is 27.8. The minimum Gasteiger partial charge on any atom is -0.277 e. The second kappa shape index (κ2) is 24.5. The van der Waals surface area contributed by atoms with Gasteiger partial charge in [0.1, 0.15) is 23.3 Å². The van der Waals surface area contributed by atoms with Gasteiger partial charge in [-0.1, -0.05) is 61.6 Å². The van der Waals surface area contributed by atoms with Crippen molar-refractivity contribution in [3.63, 3.8) is 0 Å². The molecule has 2 N–H and O–H groups in total. The Morgan fingerprint density at radius 3 is 0.890 bits per heavy atom. The van der Waals surface area contributed by atoms with E-state index in [-0.39, 0.29) is 42.0 Å². The van der Waals surface area contributed by atoms with Gasteiger partial charge in [-0.2, -0.15) is 13.2 Å². The fraction of sp³-hybridized carbons (Fsp3) is 0.214. The molecule has 0 amide bonds. The summed E-state index contributed by atoms with van der Waals surface area (Å²) in [6.07, 6.45) is -4.02.